The second-order valence-electron chi connectivity index (χ2n) is 4.01. The number of carbonyl (C=O) groups is 1. The van der Waals surface area contributed by atoms with Crippen molar-refractivity contribution in [3.8, 4) is 0 Å². The highest BCUT2D eigenvalue weighted by Crippen LogP contribution is 2.29. The van der Waals surface area contributed by atoms with Gasteiger partial charge < -0.3 is 16.4 Å². The lowest BCUT2D eigenvalue weighted by atomic mass is 10.0. The van der Waals surface area contributed by atoms with Crippen molar-refractivity contribution in [2.24, 2.45) is 5.73 Å². The van der Waals surface area contributed by atoms with E-state index in [9.17, 15) is 4.79 Å². The lowest BCUT2D eigenvalue weighted by Crippen LogP contribution is -2.48. The first kappa shape index (κ1) is 11.9. The van der Waals surface area contributed by atoms with E-state index >= 15 is 0 Å². The predicted octanol–water partition coefficient (Wildman–Crippen LogP) is 0.556. The number of nitrogen functional groups attached to an aromatic ring is 1. The van der Waals surface area contributed by atoms with Crippen LogP contribution in [0.4, 0.5) is 11.8 Å². The molecular formula is C10H14ClN5O. The third-order valence-corrected chi connectivity index (χ3v) is 3.11. The van der Waals surface area contributed by atoms with Crippen LogP contribution >= 0.6 is 11.6 Å². The summed E-state index contributed by atoms with van der Waals surface area (Å²) in [5, 5.41) is 0.382. The highest BCUT2D eigenvalue weighted by atomic mass is 35.5. The monoisotopic (exact) mass is 255 g/mol. The molecule has 7 heteroatoms. The van der Waals surface area contributed by atoms with Crippen molar-refractivity contribution in [3.63, 3.8) is 0 Å². The molecule has 1 aliphatic rings. The molecule has 0 bridgehead atoms. The van der Waals surface area contributed by atoms with Crippen molar-refractivity contribution in [1.29, 1.82) is 0 Å². The molecule has 1 amide bonds. The Bertz CT molecular complexity index is 439. The summed E-state index contributed by atoms with van der Waals surface area (Å²) in [6, 6.07) is -0.365. The van der Waals surface area contributed by atoms with Gasteiger partial charge in [0.25, 0.3) is 0 Å². The number of piperidine rings is 1. The molecule has 0 aromatic carbocycles. The summed E-state index contributed by atoms with van der Waals surface area (Å²) in [5.74, 6) is 0.263. The van der Waals surface area contributed by atoms with Gasteiger partial charge in [-0.05, 0) is 19.3 Å². The highest BCUT2D eigenvalue weighted by molar-refractivity contribution is 6.32. The van der Waals surface area contributed by atoms with E-state index in [1.165, 1.54) is 6.20 Å². The van der Waals surface area contributed by atoms with Crippen LogP contribution in [0, 0.1) is 0 Å². The maximum absolute atomic E-state index is 11.4. The van der Waals surface area contributed by atoms with Crippen molar-refractivity contribution < 1.29 is 4.79 Å². The van der Waals surface area contributed by atoms with Crippen LogP contribution in [-0.2, 0) is 4.79 Å². The van der Waals surface area contributed by atoms with Gasteiger partial charge in [-0.2, -0.15) is 4.98 Å². The molecule has 0 spiro atoms. The van der Waals surface area contributed by atoms with Crippen LogP contribution in [0.3, 0.4) is 0 Å². The van der Waals surface area contributed by atoms with Gasteiger partial charge in [-0.3, -0.25) is 4.79 Å². The summed E-state index contributed by atoms with van der Waals surface area (Å²) in [5.41, 5.74) is 10.9. The molecule has 0 aliphatic carbocycles. The first-order chi connectivity index (χ1) is 8.09. The predicted molar refractivity (Wildman–Crippen MR) is 65.6 cm³/mol. The number of carbonyl (C=O) groups excluding carboxylic acids is 1. The molecule has 1 aliphatic heterocycles. The van der Waals surface area contributed by atoms with E-state index in [4.69, 9.17) is 23.1 Å². The molecule has 17 heavy (non-hydrogen) atoms. The molecule has 1 atom stereocenters. The Kier molecular flexibility index (Phi) is 3.33. The molecule has 0 radical (unpaired) electrons. The van der Waals surface area contributed by atoms with E-state index in [0.29, 0.717) is 17.4 Å². The summed E-state index contributed by atoms with van der Waals surface area (Å²) in [4.78, 5) is 21.1. The van der Waals surface area contributed by atoms with E-state index in [1.54, 1.807) is 0 Å². The molecule has 4 N–H and O–H groups in total. The van der Waals surface area contributed by atoms with Gasteiger partial charge in [-0.1, -0.05) is 11.6 Å². The molecule has 1 fully saturated rings. The van der Waals surface area contributed by atoms with E-state index < -0.39 is 0 Å². The summed E-state index contributed by atoms with van der Waals surface area (Å²) < 4.78 is 0. The Morgan fingerprint density at radius 2 is 2.29 bits per heavy atom. The highest BCUT2D eigenvalue weighted by Gasteiger charge is 2.29. The number of primary amides is 1. The lowest BCUT2D eigenvalue weighted by molar-refractivity contribution is -0.119. The molecule has 1 unspecified atom stereocenters. The second kappa shape index (κ2) is 4.75. The van der Waals surface area contributed by atoms with Gasteiger partial charge >= 0.3 is 0 Å². The first-order valence-electron chi connectivity index (χ1n) is 5.43. The zero-order valence-electron chi connectivity index (χ0n) is 9.27. The Morgan fingerprint density at radius 1 is 1.53 bits per heavy atom. The fourth-order valence-electron chi connectivity index (χ4n) is 2.05. The number of nitrogens with zero attached hydrogens (tertiary/aromatic N) is 3. The molecule has 1 saturated heterocycles. The van der Waals surface area contributed by atoms with E-state index in [0.717, 1.165) is 19.3 Å². The van der Waals surface area contributed by atoms with Gasteiger partial charge in [0.05, 0.1) is 6.20 Å². The van der Waals surface area contributed by atoms with Crippen molar-refractivity contribution in [1.82, 2.24) is 9.97 Å². The zero-order chi connectivity index (χ0) is 12.4. The third kappa shape index (κ3) is 2.41. The van der Waals surface area contributed by atoms with Crippen LogP contribution in [-0.4, -0.2) is 28.5 Å². The number of nitrogens with two attached hydrogens (primary N) is 2. The number of amides is 1. The summed E-state index contributed by atoms with van der Waals surface area (Å²) in [6.45, 7) is 0.698. The molecule has 1 aromatic rings. The molecule has 1 aromatic heterocycles. The maximum atomic E-state index is 11.4. The zero-order valence-corrected chi connectivity index (χ0v) is 10.0. The maximum Gasteiger partial charge on any atom is 0.240 e. The quantitative estimate of drug-likeness (QED) is 0.804. The number of rotatable bonds is 2. The SMILES string of the molecule is NC(=O)C1CCCCN1c1nc(N)ncc1Cl. The second-order valence-corrected chi connectivity index (χ2v) is 4.41. The van der Waals surface area contributed by atoms with E-state index in [2.05, 4.69) is 9.97 Å². The Hall–Kier alpha value is -1.56. The largest absolute Gasteiger partial charge is 0.368 e. The lowest BCUT2D eigenvalue weighted by Gasteiger charge is -2.34. The minimum Gasteiger partial charge on any atom is -0.368 e. The molecule has 2 rings (SSSR count). The van der Waals surface area contributed by atoms with Crippen LogP contribution in [0.25, 0.3) is 0 Å². The normalized spacial score (nSPS) is 20.3. The molecule has 2 heterocycles. The topological polar surface area (TPSA) is 98.1 Å². The third-order valence-electron chi connectivity index (χ3n) is 2.85. The molecule has 6 nitrogen and oxygen atoms in total. The van der Waals surface area contributed by atoms with Gasteiger partial charge in [0.15, 0.2) is 5.82 Å². The number of hydrogen-bond donors (Lipinski definition) is 2. The van der Waals surface area contributed by atoms with Crippen molar-refractivity contribution in [2.45, 2.75) is 25.3 Å². The van der Waals surface area contributed by atoms with Gasteiger partial charge in [0, 0.05) is 6.54 Å². The van der Waals surface area contributed by atoms with Crippen molar-refractivity contribution in [3.05, 3.63) is 11.2 Å². The summed E-state index contributed by atoms with van der Waals surface area (Å²) >= 11 is 6.03. The fraction of sp³-hybridized carbons (Fsp3) is 0.500. The number of aromatic nitrogens is 2. The van der Waals surface area contributed by atoms with Crippen LogP contribution in [0.15, 0.2) is 6.20 Å². The van der Waals surface area contributed by atoms with E-state index in [-0.39, 0.29) is 17.9 Å². The van der Waals surface area contributed by atoms with Crippen LogP contribution in [0.1, 0.15) is 19.3 Å². The molecule has 92 valence electrons. The molecular weight excluding hydrogens is 242 g/mol. The van der Waals surface area contributed by atoms with Crippen LogP contribution in [0.5, 0.6) is 0 Å². The average molecular weight is 256 g/mol. The van der Waals surface area contributed by atoms with Crippen LogP contribution < -0.4 is 16.4 Å². The van der Waals surface area contributed by atoms with Crippen molar-refractivity contribution in [2.75, 3.05) is 17.2 Å². The summed E-state index contributed by atoms with van der Waals surface area (Å²) in [7, 11) is 0. The smallest absolute Gasteiger partial charge is 0.240 e. The number of anilines is 2. The minimum absolute atomic E-state index is 0.137. The number of halogens is 1. The van der Waals surface area contributed by atoms with Gasteiger partial charge in [-0.15, -0.1) is 0 Å². The Labute approximate surface area is 104 Å². The Balaban J connectivity index is 2.35. The minimum atomic E-state index is -0.365. The summed E-state index contributed by atoms with van der Waals surface area (Å²) in [6.07, 6.45) is 4.10. The Morgan fingerprint density at radius 3 is 3.00 bits per heavy atom. The number of hydrogen-bond acceptors (Lipinski definition) is 5. The van der Waals surface area contributed by atoms with Crippen LogP contribution in [0.2, 0.25) is 5.02 Å². The fourth-order valence-corrected chi connectivity index (χ4v) is 2.25. The van der Waals surface area contributed by atoms with Gasteiger partial charge in [0.2, 0.25) is 11.9 Å². The molecule has 0 saturated carbocycles. The van der Waals surface area contributed by atoms with Gasteiger partial charge in [0.1, 0.15) is 11.1 Å². The van der Waals surface area contributed by atoms with Crippen molar-refractivity contribution >= 4 is 29.3 Å². The average Bonchev–Trinajstić information content (AvgIpc) is 2.32. The van der Waals surface area contributed by atoms with E-state index in [1.807, 2.05) is 4.90 Å². The van der Waals surface area contributed by atoms with Gasteiger partial charge in [-0.25, -0.2) is 4.98 Å². The standard InChI is InChI=1S/C10H14ClN5O/c11-6-5-14-10(13)15-9(6)16-4-2-1-3-7(16)8(12)17/h5,7H,1-4H2,(H2,12,17)(H2,13,14,15). The first-order valence-corrected chi connectivity index (χ1v) is 5.81.